The van der Waals surface area contributed by atoms with E-state index < -0.39 is 5.92 Å². The minimum absolute atomic E-state index is 0.179. The fraction of sp³-hybridized carbons (Fsp3) is 0.467. The molecule has 0 aliphatic rings. The summed E-state index contributed by atoms with van der Waals surface area (Å²) < 4.78 is 10.1. The third-order valence-corrected chi connectivity index (χ3v) is 3.62. The summed E-state index contributed by atoms with van der Waals surface area (Å²) in [7, 11) is 1.32. The van der Waals surface area contributed by atoms with Crippen LogP contribution in [0.25, 0.3) is 0 Å². The van der Waals surface area contributed by atoms with E-state index in [1.54, 1.807) is 25.1 Å². The number of likely N-dealkylation sites (N-methyl/N-ethyl adjacent to an activating group) is 1. The third kappa shape index (κ3) is 5.39. The zero-order chi connectivity index (χ0) is 16.7. The largest absolute Gasteiger partial charge is 0.482 e. The van der Waals surface area contributed by atoms with Gasteiger partial charge in [0, 0.05) is 24.2 Å². The smallest absolute Gasteiger partial charge is 0.310 e. The van der Waals surface area contributed by atoms with E-state index in [-0.39, 0.29) is 25.0 Å². The van der Waals surface area contributed by atoms with E-state index in [0.717, 1.165) is 0 Å². The number of amides is 1. The van der Waals surface area contributed by atoms with Crippen LogP contribution in [0.15, 0.2) is 18.2 Å². The molecule has 122 valence electrons. The molecule has 0 radical (unpaired) electrons. The van der Waals surface area contributed by atoms with Gasteiger partial charge in [0.1, 0.15) is 5.75 Å². The molecule has 0 N–H and O–H groups in total. The monoisotopic (exact) mass is 347 g/mol. The summed E-state index contributed by atoms with van der Waals surface area (Å²) >= 11 is 11.8. The Morgan fingerprint density at radius 2 is 2.00 bits per heavy atom. The van der Waals surface area contributed by atoms with Gasteiger partial charge in [-0.2, -0.15) is 0 Å². The average Bonchev–Trinajstić information content (AvgIpc) is 2.51. The Balaban J connectivity index is 2.62. The fourth-order valence-corrected chi connectivity index (χ4v) is 2.17. The fourth-order valence-electron chi connectivity index (χ4n) is 1.83. The van der Waals surface area contributed by atoms with Gasteiger partial charge < -0.3 is 14.4 Å². The predicted molar refractivity (Wildman–Crippen MR) is 85.4 cm³/mol. The number of rotatable bonds is 7. The lowest BCUT2D eigenvalue weighted by molar-refractivity contribution is -0.146. The van der Waals surface area contributed by atoms with Crippen LogP contribution in [0.1, 0.15) is 13.8 Å². The van der Waals surface area contributed by atoms with Gasteiger partial charge in [-0.05, 0) is 19.1 Å². The van der Waals surface area contributed by atoms with Gasteiger partial charge >= 0.3 is 5.97 Å². The highest BCUT2D eigenvalue weighted by Gasteiger charge is 2.21. The van der Waals surface area contributed by atoms with E-state index in [2.05, 4.69) is 4.74 Å². The molecule has 0 aliphatic heterocycles. The van der Waals surface area contributed by atoms with Crippen molar-refractivity contribution in [2.45, 2.75) is 13.8 Å². The Labute approximate surface area is 140 Å². The summed E-state index contributed by atoms with van der Waals surface area (Å²) in [5.74, 6) is -0.650. The molecule has 0 saturated heterocycles. The highest BCUT2D eigenvalue weighted by Crippen LogP contribution is 2.27. The first-order valence-corrected chi connectivity index (χ1v) is 7.58. The first-order chi connectivity index (χ1) is 10.4. The Morgan fingerprint density at radius 1 is 1.32 bits per heavy atom. The molecule has 1 aromatic rings. The van der Waals surface area contributed by atoms with E-state index in [4.69, 9.17) is 27.9 Å². The van der Waals surface area contributed by atoms with E-state index in [0.29, 0.717) is 22.3 Å². The van der Waals surface area contributed by atoms with Gasteiger partial charge in [-0.1, -0.05) is 30.1 Å². The normalized spacial score (nSPS) is 11.7. The molecule has 0 spiro atoms. The van der Waals surface area contributed by atoms with Crippen LogP contribution < -0.4 is 4.74 Å². The Morgan fingerprint density at radius 3 is 2.59 bits per heavy atom. The van der Waals surface area contributed by atoms with Crippen molar-refractivity contribution in [2.75, 3.05) is 26.8 Å². The van der Waals surface area contributed by atoms with Gasteiger partial charge in [-0.15, -0.1) is 0 Å². The van der Waals surface area contributed by atoms with Crippen molar-refractivity contribution in [1.29, 1.82) is 0 Å². The lowest BCUT2D eigenvalue weighted by Gasteiger charge is -2.23. The lowest BCUT2D eigenvalue weighted by atomic mass is 10.1. The van der Waals surface area contributed by atoms with E-state index in [1.165, 1.54) is 12.0 Å². The summed E-state index contributed by atoms with van der Waals surface area (Å²) in [4.78, 5) is 25.1. The molecule has 5 nitrogen and oxygen atoms in total. The minimum Gasteiger partial charge on any atom is -0.482 e. The quantitative estimate of drug-likeness (QED) is 0.711. The van der Waals surface area contributed by atoms with Crippen molar-refractivity contribution in [3.63, 3.8) is 0 Å². The van der Waals surface area contributed by atoms with Crippen LogP contribution in [-0.2, 0) is 14.3 Å². The highest BCUT2D eigenvalue weighted by molar-refractivity contribution is 6.34. The number of methoxy groups -OCH3 is 1. The zero-order valence-electron chi connectivity index (χ0n) is 12.8. The average molecular weight is 348 g/mol. The second kappa shape index (κ2) is 8.86. The van der Waals surface area contributed by atoms with Crippen LogP contribution in [0.3, 0.4) is 0 Å². The van der Waals surface area contributed by atoms with Crippen LogP contribution in [0, 0.1) is 5.92 Å². The topological polar surface area (TPSA) is 55.8 Å². The summed E-state index contributed by atoms with van der Waals surface area (Å²) in [6.07, 6.45) is 0. The molecule has 0 heterocycles. The molecule has 1 aromatic carbocycles. The van der Waals surface area contributed by atoms with Crippen LogP contribution in [-0.4, -0.2) is 43.6 Å². The van der Waals surface area contributed by atoms with E-state index in [1.807, 2.05) is 6.92 Å². The molecule has 1 rings (SSSR count). The number of carbonyl (C=O) groups is 2. The van der Waals surface area contributed by atoms with Gasteiger partial charge in [0.2, 0.25) is 0 Å². The van der Waals surface area contributed by atoms with Crippen molar-refractivity contribution in [3.8, 4) is 5.75 Å². The Hall–Kier alpha value is -1.46. The minimum atomic E-state index is -0.399. The van der Waals surface area contributed by atoms with Crippen molar-refractivity contribution < 1.29 is 19.1 Å². The molecule has 0 fully saturated rings. The third-order valence-electron chi connectivity index (χ3n) is 3.08. The standard InChI is InChI=1S/C15H19Cl2NO4/c1-4-18(8-10(2)15(20)21-3)14(19)9-22-13-7-11(16)5-6-12(13)17/h5-7,10H,4,8-9H2,1-3H3. The molecule has 0 bridgehead atoms. The molecule has 7 heteroatoms. The molecule has 0 saturated carbocycles. The number of hydrogen-bond donors (Lipinski definition) is 0. The molecule has 1 atom stereocenters. The number of nitrogens with zero attached hydrogens (tertiary/aromatic N) is 1. The summed E-state index contributed by atoms with van der Waals surface area (Å²) in [6, 6.07) is 4.78. The van der Waals surface area contributed by atoms with E-state index >= 15 is 0 Å². The van der Waals surface area contributed by atoms with Gasteiger partial charge in [-0.25, -0.2) is 0 Å². The van der Waals surface area contributed by atoms with Crippen LogP contribution in [0.4, 0.5) is 0 Å². The summed E-state index contributed by atoms with van der Waals surface area (Å²) in [5.41, 5.74) is 0. The Kier molecular flexibility index (Phi) is 7.48. The van der Waals surface area contributed by atoms with Gasteiger partial charge in [0.05, 0.1) is 18.1 Å². The van der Waals surface area contributed by atoms with Crippen LogP contribution in [0.2, 0.25) is 10.0 Å². The Bertz CT molecular complexity index is 536. The summed E-state index contributed by atoms with van der Waals surface area (Å²) in [6.45, 7) is 4.09. The highest BCUT2D eigenvalue weighted by atomic mass is 35.5. The zero-order valence-corrected chi connectivity index (χ0v) is 14.3. The second-order valence-electron chi connectivity index (χ2n) is 4.72. The molecule has 22 heavy (non-hydrogen) atoms. The molecule has 1 amide bonds. The predicted octanol–water partition coefficient (Wildman–Crippen LogP) is 3.03. The van der Waals surface area contributed by atoms with E-state index in [9.17, 15) is 9.59 Å². The maximum absolute atomic E-state index is 12.2. The lowest BCUT2D eigenvalue weighted by Crippen LogP contribution is -2.39. The number of esters is 1. The van der Waals surface area contributed by atoms with Gasteiger partial charge in [0.25, 0.3) is 5.91 Å². The molecule has 1 unspecified atom stereocenters. The number of ether oxygens (including phenoxy) is 2. The van der Waals surface area contributed by atoms with Crippen LogP contribution >= 0.6 is 23.2 Å². The van der Waals surface area contributed by atoms with Crippen molar-refractivity contribution in [3.05, 3.63) is 28.2 Å². The van der Waals surface area contributed by atoms with Crippen molar-refractivity contribution in [1.82, 2.24) is 4.90 Å². The molecule has 0 aliphatic carbocycles. The number of carbonyl (C=O) groups excluding carboxylic acids is 2. The molecule has 0 aromatic heterocycles. The first kappa shape index (κ1) is 18.6. The van der Waals surface area contributed by atoms with Gasteiger partial charge in [0.15, 0.2) is 6.61 Å². The molecular formula is C15H19Cl2NO4. The number of benzene rings is 1. The molecular weight excluding hydrogens is 329 g/mol. The number of halogens is 2. The maximum Gasteiger partial charge on any atom is 0.310 e. The maximum atomic E-state index is 12.2. The van der Waals surface area contributed by atoms with Gasteiger partial charge in [-0.3, -0.25) is 9.59 Å². The first-order valence-electron chi connectivity index (χ1n) is 6.82. The SMILES string of the molecule is CCN(CC(C)C(=O)OC)C(=O)COc1cc(Cl)ccc1Cl. The second-order valence-corrected chi connectivity index (χ2v) is 5.56. The number of hydrogen-bond acceptors (Lipinski definition) is 4. The summed E-state index contributed by atoms with van der Waals surface area (Å²) in [5, 5.41) is 0.849. The van der Waals surface area contributed by atoms with Crippen molar-refractivity contribution >= 4 is 35.1 Å². The van der Waals surface area contributed by atoms with Crippen molar-refractivity contribution in [2.24, 2.45) is 5.92 Å². The van der Waals surface area contributed by atoms with Crippen LogP contribution in [0.5, 0.6) is 5.75 Å².